The summed E-state index contributed by atoms with van der Waals surface area (Å²) in [6, 6.07) is 0. The fourth-order valence-corrected chi connectivity index (χ4v) is 8.83. The molecule has 6 saturated carbocycles. The standard InChI is InChI=1S/C12H11BrO4/c13-11-7-4-3-5(7)10(11,9(14)15)6(3)8(4)12(11)16-1-2-17-12/h3-8H,1-2H2,(H,14,15)/t3-,4-,5-,6-,7+,8+,10-,11-/m0/s1. The van der Waals surface area contributed by atoms with E-state index in [4.69, 9.17) is 9.47 Å². The Balaban J connectivity index is 1.66. The van der Waals surface area contributed by atoms with Crippen LogP contribution in [0.1, 0.15) is 0 Å². The Morgan fingerprint density at radius 1 is 1.12 bits per heavy atom. The lowest BCUT2D eigenvalue weighted by Crippen LogP contribution is -2.94. The fourth-order valence-electron chi connectivity index (χ4n) is 7.05. The number of alkyl halides is 1. The van der Waals surface area contributed by atoms with Crippen LogP contribution in [0.3, 0.4) is 0 Å². The fraction of sp³-hybridized carbons (Fsp3) is 0.917. The smallest absolute Gasteiger partial charge is 0.311 e. The molecule has 17 heavy (non-hydrogen) atoms. The van der Waals surface area contributed by atoms with Gasteiger partial charge in [0.1, 0.15) is 0 Å². The number of ether oxygens (including phenoxy) is 2. The molecule has 5 heteroatoms. The number of hydrogen-bond acceptors (Lipinski definition) is 3. The van der Waals surface area contributed by atoms with Gasteiger partial charge in [-0.15, -0.1) is 0 Å². The molecule has 0 aromatic carbocycles. The van der Waals surface area contributed by atoms with E-state index in [0.717, 1.165) is 0 Å². The van der Waals surface area contributed by atoms with Gasteiger partial charge in [0, 0.05) is 5.92 Å². The Kier molecular flexibility index (Phi) is 0.998. The highest BCUT2D eigenvalue weighted by atomic mass is 79.9. The molecule has 0 radical (unpaired) electrons. The van der Waals surface area contributed by atoms with Crippen LogP contribution in [0.25, 0.3) is 0 Å². The van der Waals surface area contributed by atoms with E-state index in [1.165, 1.54) is 0 Å². The summed E-state index contributed by atoms with van der Waals surface area (Å²) in [6.45, 7) is 1.22. The van der Waals surface area contributed by atoms with Gasteiger partial charge in [-0.3, -0.25) is 4.79 Å². The molecule has 2 bridgehead atoms. The lowest BCUT2D eigenvalue weighted by Gasteiger charge is -2.89. The van der Waals surface area contributed by atoms with Crippen molar-refractivity contribution >= 4 is 21.9 Å². The quantitative estimate of drug-likeness (QED) is 0.724. The van der Waals surface area contributed by atoms with Crippen LogP contribution in [0.2, 0.25) is 0 Å². The van der Waals surface area contributed by atoms with Gasteiger partial charge in [-0.2, -0.15) is 0 Å². The minimum Gasteiger partial charge on any atom is -0.481 e. The Labute approximate surface area is 106 Å². The molecular weight excluding hydrogens is 288 g/mol. The summed E-state index contributed by atoms with van der Waals surface area (Å²) in [7, 11) is 0. The number of carboxylic acids is 1. The zero-order valence-electron chi connectivity index (χ0n) is 8.93. The zero-order chi connectivity index (χ0) is 11.4. The van der Waals surface area contributed by atoms with Crippen LogP contribution in [0.5, 0.6) is 0 Å². The number of halogens is 1. The average Bonchev–Trinajstić information content (AvgIpc) is 2.76. The summed E-state index contributed by atoms with van der Waals surface area (Å²) < 4.78 is 11.5. The average molecular weight is 299 g/mol. The maximum absolute atomic E-state index is 11.8. The number of carbonyl (C=O) groups is 1. The third-order valence-electron chi connectivity index (χ3n) is 7.01. The highest BCUT2D eigenvalue weighted by molar-refractivity contribution is 9.10. The van der Waals surface area contributed by atoms with Crippen molar-refractivity contribution in [3.63, 3.8) is 0 Å². The van der Waals surface area contributed by atoms with Crippen LogP contribution < -0.4 is 0 Å². The van der Waals surface area contributed by atoms with Crippen LogP contribution in [0.15, 0.2) is 0 Å². The molecule has 1 spiro atoms. The molecule has 0 amide bonds. The Bertz CT molecular complexity index is 515. The zero-order valence-corrected chi connectivity index (χ0v) is 10.5. The predicted molar refractivity (Wildman–Crippen MR) is 57.3 cm³/mol. The summed E-state index contributed by atoms with van der Waals surface area (Å²) >= 11 is 3.80. The van der Waals surface area contributed by atoms with Crippen molar-refractivity contribution in [2.45, 2.75) is 10.1 Å². The molecule has 4 nitrogen and oxygen atoms in total. The van der Waals surface area contributed by atoms with Gasteiger partial charge < -0.3 is 14.6 Å². The maximum atomic E-state index is 11.8. The number of aliphatic carboxylic acids is 1. The number of hydrogen-bond donors (Lipinski definition) is 1. The largest absolute Gasteiger partial charge is 0.481 e. The second-order valence-corrected chi connectivity index (χ2v) is 7.76. The van der Waals surface area contributed by atoms with E-state index in [2.05, 4.69) is 15.9 Å². The minimum atomic E-state index is -0.629. The van der Waals surface area contributed by atoms with Crippen molar-refractivity contribution in [3.05, 3.63) is 0 Å². The monoisotopic (exact) mass is 298 g/mol. The van der Waals surface area contributed by atoms with E-state index < -0.39 is 21.5 Å². The molecule has 1 saturated heterocycles. The third-order valence-corrected chi connectivity index (χ3v) is 8.74. The van der Waals surface area contributed by atoms with Gasteiger partial charge in [-0.05, 0) is 29.6 Å². The first-order chi connectivity index (χ1) is 8.14. The van der Waals surface area contributed by atoms with Crippen molar-refractivity contribution in [2.75, 3.05) is 13.2 Å². The SMILES string of the molecule is O=C(O)[C@]12[C@H]3[C@H]4[C@@H]5[C@H]3C3(OCCO3)[C@]1(Br)[C@H]5[C@H]42. The lowest BCUT2D eigenvalue weighted by atomic mass is 9.14. The number of rotatable bonds is 1. The Morgan fingerprint density at radius 2 is 1.71 bits per heavy atom. The maximum Gasteiger partial charge on any atom is 0.311 e. The minimum absolute atomic E-state index is 0.317. The molecule has 7 rings (SSSR count). The lowest BCUT2D eigenvalue weighted by molar-refractivity contribution is -0.410. The second-order valence-electron chi connectivity index (χ2n) is 6.51. The van der Waals surface area contributed by atoms with Crippen molar-refractivity contribution in [2.24, 2.45) is 40.9 Å². The van der Waals surface area contributed by atoms with Crippen molar-refractivity contribution in [3.8, 4) is 0 Å². The molecule has 0 aromatic rings. The van der Waals surface area contributed by atoms with Crippen LogP contribution >= 0.6 is 15.9 Å². The van der Waals surface area contributed by atoms with Crippen LogP contribution in [0.4, 0.5) is 0 Å². The summed E-state index contributed by atoms with van der Waals surface area (Å²) in [4.78, 5) is 11.8. The summed E-state index contributed by atoms with van der Waals surface area (Å²) in [5.41, 5.74) is -0.563. The van der Waals surface area contributed by atoms with Crippen LogP contribution in [-0.4, -0.2) is 34.4 Å². The molecule has 8 atom stereocenters. The molecule has 7 aliphatic rings. The van der Waals surface area contributed by atoms with Crippen molar-refractivity contribution < 1.29 is 19.4 Å². The van der Waals surface area contributed by atoms with Crippen molar-refractivity contribution in [1.29, 1.82) is 0 Å². The molecular formula is C12H11BrO4. The van der Waals surface area contributed by atoms with E-state index in [-0.39, 0.29) is 0 Å². The van der Waals surface area contributed by atoms with Gasteiger partial charge >= 0.3 is 5.97 Å². The molecule has 7 fully saturated rings. The highest BCUT2D eigenvalue weighted by Gasteiger charge is 3.11. The molecule has 1 aliphatic heterocycles. The molecule has 6 aliphatic carbocycles. The molecule has 0 aromatic heterocycles. The topological polar surface area (TPSA) is 55.8 Å². The van der Waals surface area contributed by atoms with E-state index >= 15 is 0 Å². The highest BCUT2D eigenvalue weighted by Crippen LogP contribution is 3.04. The first-order valence-electron chi connectivity index (χ1n) is 6.34. The van der Waals surface area contributed by atoms with Gasteiger partial charge in [0.2, 0.25) is 0 Å². The van der Waals surface area contributed by atoms with Gasteiger partial charge in [0.15, 0.2) is 5.79 Å². The van der Waals surface area contributed by atoms with Gasteiger partial charge in [0.05, 0.1) is 23.0 Å². The van der Waals surface area contributed by atoms with E-state index in [1.54, 1.807) is 0 Å². The van der Waals surface area contributed by atoms with Gasteiger partial charge in [-0.1, -0.05) is 15.9 Å². The van der Waals surface area contributed by atoms with Gasteiger partial charge in [0.25, 0.3) is 0 Å². The molecule has 1 N–H and O–H groups in total. The molecule has 0 unspecified atom stereocenters. The summed E-state index contributed by atoms with van der Waals surface area (Å²) in [6.07, 6.45) is 0. The molecule has 1 heterocycles. The first kappa shape index (κ1) is 8.88. The van der Waals surface area contributed by atoms with E-state index in [0.29, 0.717) is 48.7 Å². The molecule has 90 valence electrons. The van der Waals surface area contributed by atoms with Gasteiger partial charge in [-0.25, -0.2) is 0 Å². The van der Waals surface area contributed by atoms with Crippen LogP contribution in [-0.2, 0) is 14.3 Å². The van der Waals surface area contributed by atoms with E-state index in [1.807, 2.05) is 0 Å². The number of carboxylic acid groups (broad SMARTS) is 1. The third kappa shape index (κ3) is 0.424. The van der Waals surface area contributed by atoms with Crippen molar-refractivity contribution in [1.82, 2.24) is 0 Å². The normalized spacial score (nSPS) is 73.5. The summed E-state index contributed by atoms with van der Waals surface area (Å²) in [5, 5.41) is 9.71. The Hall–Kier alpha value is -0.130. The second kappa shape index (κ2) is 1.91. The Morgan fingerprint density at radius 3 is 2.29 bits per heavy atom. The summed E-state index contributed by atoms with van der Waals surface area (Å²) in [5.74, 6) is 1.71. The van der Waals surface area contributed by atoms with Crippen LogP contribution in [0, 0.1) is 40.9 Å². The van der Waals surface area contributed by atoms with E-state index in [9.17, 15) is 9.90 Å². The first-order valence-corrected chi connectivity index (χ1v) is 7.13. The predicted octanol–water partition coefficient (Wildman–Crippen LogP) is 0.699.